The summed E-state index contributed by atoms with van der Waals surface area (Å²) < 4.78 is 6.88. The van der Waals surface area contributed by atoms with Crippen molar-refractivity contribution in [3.8, 4) is 11.5 Å². The maximum atomic E-state index is 9.80. The van der Waals surface area contributed by atoms with E-state index in [0.29, 0.717) is 12.3 Å². The van der Waals surface area contributed by atoms with Gasteiger partial charge in [0.25, 0.3) is 0 Å². The highest BCUT2D eigenvalue weighted by Crippen LogP contribution is 2.29. The van der Waals surface area contributed by atoms with Crippen molar-refractivity contribution >= 4 is 5.69 Å². The zero-order chi connectivity index (χ0) is 15.6. The summed E-state index contributed by atoms with van der Waals surface area (Å²) in [7, 11) is 3.46. The second-order valence-corrected chi connectivity index (χ2v) is 6.17. The molecule has 114 valence electrons. The Morgan fingerprint density at radius 3 is 2.62 bits per heavy atom. The minimum absolute atomic E-state index is 0.000318. The monoisotopic (exact) mass is 289 g/mol. The van der Waals surface area contributed by atoms with Crippen molar-refractivity contribution in [1.82, 2.24) is 9.78 Å². The first-order valence-corrected chi connectivity index (χ1v) is 6.95. The molecule has 1 aromatic carbocycles. The lowest BCUT2D eigenvalue weighted by atomic mass is 9.89. The van der Waals surface area contributed by atoms with Crippen molar-refractivity contribution in [3.05, 3.63) is 35.7 Å². The maximum Gasteiger partial charge on any atom is 0.160 e. The number of ether oxygens (including phenoxy) is 1. The zero-order valence-electron chi connectivity index (χ0n) is 13.3. The third-order valence-electron chi connectivity index (χ3n) is 3.28. The van der Waals surface area contributed by atoms with Gasteiger partial charge in [-0.15, -0.1) is 0 Å². The Hall–Kier alpha value is -2.17. The Morgan fingerprint density at radius 1 is 1.33 bits per heavy atom. The number of aromatic nitrogens is 2. The second kappa shape index (κ2) is 5.68. The van der Waals surface area contributed by atoms with Crippen molar-refractivity contribution in [1.29, 1.82) is 0 Å². The molecule has 5 nitrogen and oxygen atoms in total. The van der Waals surface area contributed by atoms with E-state index in [0.717, 1.165) is 16.9 Å². The third-order valence-corrected chi connectivity index (χ3v) is 3.28. The molecule has 0 fully saturated rings. The molecule has 0 aliphatic heterocycles. The summed E-state index contributed by atoms with van der Waals surface area (Å²) in [5.74, 6) is 0.599. The molecule has 0 aliphatic carbocycles. The number of nitrogens with zero attached hydrogens (tertiary/aromatic N) is 2. The van der Waals surface area contributed by atoms with Gasteiger partial charge in [-0.1, -0.05) is 20.8 Å². The number of anilines is 1. The van der Waals surface area contributed by atoms with E-state index in [1.165, 1.54) is 7.11 Å². The summed E-state index contributed by atoms with van der Waals surface area (Å²) in [6.07, 6.45) is 2.02. The van der Waals surface area contributed by atoms with E-state index in [-0.39, 0.29) is 11.2 Å². The first-order chi connectivity index (χ1) is 9.81. The minimum Gasteiger partial charge on any atom is -0.504 e. The van der Waals surface area contributed by atoms with Crippen LogP contribution in [0, 0.1) is 0 Å². The van der Waals surface area contributed by atoms with Crippen LogP contribution in [0.15, 0.2) is 24.4 Å². The van der Waals surface area contributed by atoms with Crippen molar-refractivity contribution < 1.29 is 9.84 Å². The molecular formula is C16H23N3O2. The number of aryl methyl sites for hydroxylation is 1. The van der Waals surface area contributed by atoms with Crippen LogP contribution in [0.4, 0.5) is 5.69 Å². The van der Waals surface area contributed by atoms with Crippen LogP contribution in [-0.4, -0.2) is 22.0 Å². The molecule has 0 unspecified atom stereocenters. The number of phenolic OH excluding ortho intramolecular Hbond substituents is 1. The quantitative estimate of drug-likeness (QED) is 0.908. The molecule has 0 aliphatic rings. The fourth-order valence-electron chi connectivity index (χ4n) is 2.30. The van der Waals surface area contributed by atoms with Crippen LogP contribution in [-0.2, 0) is 19.0 Å². The molecule has 0 saturated heterocycles. The second-order valence-electron chi connectivity index (χ2n) is 6.17. The van der Waals surface area contributed by atoms with E-state index in [4.69, 9.17) is 4.74 Å². The lowest BCUT2D eigenvalue weighted by Crippen LogP contribution is -2.16. The molecule has 2 rings (SSSR count). The highest BCUT2D eigenvalue weighted by Gasteiger charge is 2.21. The molecule has 21 heavy (non-hydrogen) atoms. The lowest BCUT2D eigenvalue weighted by Gasteiger charge is -2.18. The topological polar surface area (TPSA) is 59.3 Å². The first kappa shape index (κ1) is 15.2. The van der Waals surface area contributed by atoms with Gasteiger partial charge in [-0.25, -0.2) is 0 Å². The van der Waals surface area contributed by atoms with Crippen LogP contribution < -0.4 is 10.1 Å². The Morgan fingerprint density at radius 2 is 2.05 bits per heavy atom. The molecule has 1 aromatic heterocycles. The van der Waals surface area contributed by atoms with Gasteiger partial charge in [-0.05, 0) is 12.1 Å². The number of aromatic hydroxyl groups is 1. The SMILES string of the molecule is COc1ccc(NCc2cn(C)nc2C(C)(C)C)cc1O. The number of benzene rings is 1. The molecule has 0 radical (unpaired) electrons. The number of rotatable bonds is 4. The molecule has 0 spiro atoms. The van der Waals surface area contributed by atoms with Gasteiger partial charge in [0.15, 0.2) is 11.5 Å². The van der Waals surface area contributed by atoms with Gasteiger partial charge < -0.3 is 15.2 Å². The van der Waals surface area contributed by atoms with Crippen molar-refractivity contribution in [2.24, 2.45) is 7.05 Å². The summed E-state index contributed by atoms with van der Waals surface area (Å²) in [5.41, 5.74) is 3.08. The minimum atomic E-state index is 0.000318. The van der Waals surface area contributed by atoms with E-state index in [2.05, 4.69) is 31.2 Å². The highest BCUT2D eigenvalue weighted by atomic mass is 16.5. The summed E-state index contributed by atoms with van der Waals surface area (Å²) >= 11 is 0. The average molecular weight is 289 g/mol. The number of nitrogens with one attached hydrogen (secondary N) is 1. The van der Waals surface area contributed by atoms with Crippen LogP contribution in [0.1, 0.15) is 32.0 Å². The highest BCUT2D eigenvalue weighted by molar-refractivity contribution is 5.54. The summed E-state index contributed by atoms with van der Waals surface area (Å²) in [6, 6.07) is 5.28. The predicted octanol–water partition coefficient (Wildman–Crippen LogP) is 3.04. The van der Waals surface area contributed by atoms with Crippen molar-refractivity contribution in [2.75, 3.05) is 12.4 Å². The third kappa shape index (κ3) is 3.48. The zero-order valence-corrected chi connectivity index (χ0v) is 13.3. The van der Waals surface area contributed by atoms with Crippen LogP contribution in [0.3, 0.4) is 0 Å². The van der Waals surface area contributed by atoms with Gasteiger partial charge >= 0.3 is 0 Å². The number of methoxy groups -OCH3 is 1. The standard InChI is InChI=1S/C16H23N3O2/c1-16(2,3)15-11(10-19(4)18-15)9-17-12-6-7-14(21-5)13(20)8-12/h6-8,10,17,20H,9H2,1-5H3. The van der Waals surface area contributed by atoms with Gasteiger partial charge in [0.05, 0.1) is 12.8 Å². The van der Waals surface area contributed by atoms with E-state index in [9.17, 15) is 5.11 Å². The Bertz CT molecular complexity index is 627. The molecule has 0 amide bonds. The Labute approximate surface area is 125 Å². The van der Waals surface area contributed by atoms with Crippen LogP contribution >= 0.6 is 0 Å². The van der Waals surface area contributed by atoms with Crippen LogP contribution in [0.5, 0.6) is 11.5 Å². The molecule has 2 N–H and O–H groups in total. The molecule has 2 aromatic rings. The number of hydrogen-bond donors (Lipinski definition) is 2. The molecular weight excluding hydrogens is 266 g/mol. The molecule has 0 bridgehead atoms. The Kier molecular flexibility index (Phi) is 4.11. The Balaban J connectivity index is 2.15. The van der Waals surface area contributed by atoms with Gasteiger partial charge in [-0.3, -0.25) is 4.68 Å². The largest absolute Gasteiger partial charge is 0.504 e. The van der Waals surface area contributed by atoms with Crippen molar-refractivity contribution in [3.63, 3.8) is 0 Å². The number of phenols is 1. The normalized spacial score (nSPS) is 11.5. The van der Waals surface area contributed by atoms with E-state index in [1.807, 2.05) is 24.0 Å². The van der Waals surface area contributed by atoms with Crippen LogP contribution in [0.25, 0.3) is 0 Å². The summed E-state index contributed by atoms with van der Waals surface area (Å²) in [6.45, 7) is 7.11. The average Bonchev–Trinajstić information content (AvgIpc) is 2.78. The molecule has 1 heterocycles. The fourth-order valence-corrected chi connectivity index (χ4v) is 2.30. The first-order valence-electron chi connectivity index (χ1n) is 6.95. The number of hydrogen-bond acceptors (Lipinski definition) is 4. The van der Waals surface area contributed by atoms with Gasteiger partial charge in [0.1, 0.15) is 0 Å². The maximum absolute atomic E-state index is 9.80. The van der Waals surface area contributed by atoms with E-state index < -0.39 is 0 Å². The molecule has 0 saturated carbocycles. The van der Waals surface area contributed by atoms with Crippen LogP contribution in [0.2, 0.25) is 0 Å². The van der Waals surface area contributed by atoms with E-state index >= 15 is 0 Å². The van der Waals surface area contributed by atoms with E-state index in [1.54, 1.807) is 12.1 Å². The molecule has 5 heteroatoms. The fraction of sp³-hybridized carbons (Fsp3) is 0.438. The van der Waals surface area contributed by atoms with Gasteiger partial charge in [0.2, 0.25) is 0 Å². The van der Waals surface area contributed by atoms with Gasteiger partial charge in [0, 0.05) is 42.5 Å². The van der Waals surface area contributed by atoms with Gasteiger partial charge in [-0.2, -0.15) is 5.10 Å². The van der Waals surface area contributed by atoms with Crippen molar-refractivity contribution in [2.45, 2.75) is 32.7 Å². The predicted molar refractivity (Wildman–Crippen MR) is 83.9 cm³/mol. The summed E-state index contributed by atoms with van der Waals surface area (Å²) in [4.78, 5) is 0. The summed E-state index contributed by atoms with van der Waals surface area (Å²) in [5, 5.41) is 17.7. The lowest BCUT2D eigenvalue weighted by molar-refractivity contribution is 0.373. The smallest absolute Gasteiger partial charge is 0.160 e. The molecule has 0 atom stereocenters.